The second kappa shape index (κ2) is 4.20. The largest absolute Gasteiger partial charge is 0.293 e. The molecule has 0 N–H and O–H groups in total. The molecule has 0 spiro atoms. The number of Topliss-reactive ketones (excluding diaryl/α,β-unsaturated/α-hetero) is 1. The third-order valence-corrected chi connectivity index (χ3v) is 2.80. The summed E-state index contributed by atoms with van der Waals surface area (Å²) < 4.78 is 0. The van der Waals surface area contributed by atoms with Crippen molar-refractivity contribution in [3.05, 3.63) is 52.4 Å². The number of para-hydroxylation sites is 1. The summed E-state index contributed by atoms with van der Waals surface area (Å²) in [6, 6.07) is 10.1. The molecule has 2 heterocycles. The fraction of sp³-hybridized carbons (Fsp3) is 0.0714. The number of nitrogens with zero attached hydrogens (tertiary/aromatic N) is 3. The summed E-state index contributed by atoms with van der Waals surface area (Å²) in [5, 5.41) is 0.435. The Morgan fingerprint density at radius 1 is 0.947 bits per heavy atom. The number of rotatable bonds is 1. The monoisotopic (exact) mass is 251 g/mol. The summed E-state index contributed by atoms with van der Waals surface area (Å²) in [6.45, 7) is 1.43. The molecule has 5 heteroatoms. The Balaban J connectivity index is 2.50. The van der Waals surface area contributed by atoms with Crippen molar-refractivity contribution in [3.63, 3.8) is 0 Å². The normalized spacial score (nSPS) is 10.8. The van der Waals surface area contributed by atoms with Gasteiger partial charge < -0.3 is 0 Å². The molecule has 0 amide bonds. The highest BCUT2D eigenvalue weighted by Crippen LogP contribution is 2.10. The summed E-state index contributed by atoms with van der Waals surface area (Å²) in [5.41, 5.74) is 1.15. The predicted octanol–water partition coefficient (Wildman–Crippen LogP) is 1.74. The van der Waals surface area contributed by atoms with E-state index >= 15 is 0 Å². The molecule has 0 aliphatic rings. The first-order valence-corrected chi connectivity index (χ1v) is 5.74. The average molecular weight is 251 g/mol. The van der Waals surface area contributed by atoms with Crippen molar-refractivity contribution >= 4 is 27.9 Å². The van der Waals surface area contributed by atoms with Crippen LogP contribution in [-0.4, -0.2) is 20.7 Å². The Labute approximate surface area is 108 Å². The van der Waals surface area contributed by atoms with Gasteiger partial charge in [-0.2, -0.15) is 0 Å². The van der Waals surface area contributed by atoms with Gasteiger partial charge in [0.05, 0.1) is 10.9 Å². The number of hydrogen-bond donors (Lipinski definition) is 0. The SMILES string of the molecule is CC(=O)c1ccc2nc(=O)c3ccccc3nc2n1. The van der Waals surface area contributed by atoms with Crippen molar-refractivity contribution in [3.8, 4) is 0 Å². The van der Waals surface area contributed by atoms with Crippen LogP contribution in [0.2, 0.25) is 0 Å². The number of carbonyl (C=O) groups excluding carboxylic acids is 1. The lowest BCUT2D eigenvalue weighted by Gasteiger charge is -1.94. The highest BCUT2D eigenvalue weighted by atomic mass is 16.1. The van der Waals surface area contributed by atoms with E-state index in [1.807, 2.05) is 0 Å². The van der Waals surface area contributed by atoms with Crippen molar-refractivity contribution in [2.45, 2.75) is 6.92 Å². The van der Waals surface area contributed by atoms with Crippen molar-refractivity contribution in [1.82, 2.24) is 15.0 Å². The number of benzene rings is 1. The number of fused-ring (bicyclic) bond motifs is 2. The fourth-order valence-corrected chi connectivity index (χ4v) is 1.84. The van der Waals surface area contributed by atoms with E-state index in [-0.39, 0.29) is 11.3 Å². The lowest BCUT2D eigenvalue weighted by molar-refractivity contribution is 0.101. The molecule has 0 atom stereocenters. The molecule has 2 aromatic heterocycles. The first-order chi connectivity index (χ1) is 9.15. The molecular formula is C14H9N3O2. The molecule has 3 aromatic rings. The highest BCUT2D eigenvalue weighted by Gasteiger charge is 2.06. The lowest BCUT2D eigenvalue weighted by Crippen LogP contribution is -2.02. The zero-order chi connectivity index (χ0) is 13.4. The summed E-state index contributed by atoms with van der Waals surface area (Å²) in [4.78, 5) is 35.7. The number of carbonyl (C=O) groups is 1. The minimum Gasteiger partial charge on any atom is -0.293 e. The van der Waals surface area contributed by atoms with E-state index in [4.69, 9.17) is 0 Å². The summed E-state index contributed by atoms with van der Waals surface area (Å²) >= 11 is 0. The van der Waals surface area contributed by atoms with E-state index < -0.39 is 0 Å². The van der Waals surface area contributed by atoms with Gasteiger partial charge in [-0.05, 0) is 24.3 Å². The highest BCUT2D eigenvalue weighted by molar-refractivity contribution is 5.94. The Bertz CT molecular complexity index is 875. The number of aromatic nitrogens is 3. The maximum absolute atomic E-state index is 12.0. The van der Waals surface area contributed by atoms with Crippen LogP contribution in [0.4, 0.5) is 0 Å². The van der Waals surface area contributed by atoms with Gasteiger partial charge >= 0.3 is 0 Å². The molecular weight excluding hydrogens is 242 g/mol. The topological polar surface area (TPSA) is 72.8 Å². The van der Waals surface area contributed by atoms with Crippen LogP contribution in [0, 0.1) is 0 Å². The van der Waals surface area contributed by atoms with Gasteiger partial charge in [-0.25, -0.2) is 15.0 Å². The first kappa shape index (κ1) is 11.4. The van der Waals surface area contributed by atoms with Crippen LogP contribution < -0.4 is 5.56 Å². The smallest absolute Gasteiger partial charge is 0.279 e. The Hall–Kier alpha value is -2.69. The van der Waals surface area contributed by atoms with Crippen molar-refractivity contribution in [1.29, 1.82) is 0 Å². The Morgan fingerprint density at radius 2 is 1.74 bits per heavy atom. The van der Waals surface area contributed by atoms with Gasteiger partial charge in [0.2, 0.25) is 0 Å². The van der Waals surface area contributed by atoms with E-state index in [1.54, 1.807) is 36.4 Å². The molecule has 0 radical (unpaired) electrons. The van der Waals surface area contributed by atoms with E-state index in [2.05, 4.69) is 15.0 Å². The molecule has 0 bridgehead atoms. The summed E-state index contributed by atoms with van der Waals surface area (Å²) in [6.07, 6.45) is 0. The second-order valence-electron chi connectivity index (χ2n) is 4.14. The molecule has 0 saturated heterocycles. The molecule has 0 unspecified atom stereocenters. The van der Waals surface area contributed by atoms with E-state index in [9.17, 15) is 9.59 Å². The molecule has 0 saturated carbocycles. The van der Waals surface area contributed by atoms with Gasteiger partial charge in [0.1, 0.15) is 11.2 Å². The third kappa shape index (κ3) is 1.95. The molecule has 0 aliphatic heterocycles. The third-order valence-electron chi connectivity index (χ3n) is 2.80. The zero-order valence-electron chi connectivity index (χ0n) is 10.1. The molecule has 0 aliphatic carbocycles. The van der Waals surface area contributed by atoms with Gasteiger partial charge in [0.25, 0.3) is 5.56 Å². The van der Waals surface area contributed by atoms with Crippen LogP contribution in [0.1, 0.15) is 17.4 Å². The van der Waals surface area contributed by atoms with Gasteiger partial charge in [0, 0.05) is 6.92 Å². The zero-order valence-corrected chi connectivity index (χ0v) is 10.1. The van der Waals surface area contributed by atoms with Crippen LogP contribution in [-0.2, 0) is 0 Å². The standard InChI is InChI=1S/C14H9N3O2/c1-8(18)10-6-7-12-13(15-10)16-11-5-3-2-4-9(11)14(19)17-12/h2-7H,1H3. The first-order valence-electron chi connectivity index (χ1n) is 5.74. The van der Waals surface area contributed by atoms with Crippen LogP contribution >= 0.6 is 0 Å². The predicted molar refractivity (Wildman–Crippen MR) is 71.1 cm³/mol. The molecule has 3 rings (SSSR count). The number of pyridine rings is 1. The molecule has 0 fully saturated rings. The fourth-order valence-electron chi connectivity index (χ4n) is 1.84. The lowest BCUT2D eigenvalue weighted by atomic mass is 10.2. The van der Waals surface area contributed by atoms with Crippen molar-refractivity contribution in [2.75, 3.05) is 0 Å². The van der Waals surface area contributed by atoms with Crippen LogP contribution in [0.25, 0.3) is 22.1 Å². The Morgan fingerprint density at radius 3 is 2.53 bits per heavy atom. The van der Waals surface area contributed by atoms with Crippen molar-refractivity contribution < 1.29 is 4.79 Å². The minimum absolute atomic E-state index is 0.151. The Kier molecular flexibility index (Phi) is 2.52. The van der Waals surface area contributed by atoms with Crippen molar-refractivity contribution in [2.24, 2.45) is 0 Å². The summed E-state index contributed by atoms with van der Waals surface area (Å²) in [7, 11) is 0. The van der Waals surface area contributed by atoms with E-state index in [0.29, 0.717) is 27.8 Å². The molecule has 1 aromatic carbocycles. The van der Waals surface area contributed by atoms with Crippen LogP contribution in [0.3, 0.4) is 0 Å². The average Bonchev–Trinajstić information content (AvgIpc) is 2.54. The maximum Gasteiger partial charge on any atom is 0.279 e. The molecule has 19 heavy (non-hydrogen) atoms. The van der Waals surface area contributed by atoms with Gasteiger partial charge in [-0.15, -0.1) is 0 Å². The number of hydrogen-bond acceptors (Lipinski definition) is 5. The van der Waals surface area contributed by atoms with Gasteiger partial charge in [-0.3, -0.25) is 9.59 Å². The molecule has 5 nitrogen and oxygen atoms in total. The molecule has 92 valence electrons. The van der Waals surface area contributed by atoms with Gasteiger partial charge in [-0.1, -0.05) is 12.1 Å². The van der Waals surface area contributed by atoms with Crippen LogP contribution in [0.5, 0.6) is 0 Å². The van der Waals surface area contributed by atoms with Gasteiger partial charge in [0.15, 0.2) is 11.4 Å². The quantitative estimate of drug-likeness (QED) is 0.616. The van der Waals surface area contributed by atoms with E-state index in [0.717, 1.165) is 0 Å². The summed E-state index contributed by atoms with van der Waals surface area (Å²) in [5.74, 6) is -0.151. The van der Waals surface area contributed by atoms with E-state index in [1.165, 1.54) is 6.92 Å². The maximum atomic E-state index is 12.0. The second-order valence-corrected chi connectivity index (χ2v) is 4.14. The van der Waals surface area contributed by atoms with Crippen LogP contribution in [0.15, 0.2) is 41.2 Å². The number of ketones is 1. The minimum atomic E-state index is -0.351.